The molecule has 0 aliphatic carbocycles. The molecule has 1 N–H and O–H groups in total. The fourth-order valence-corrected chi connectivity index (χ4v) is 7.03. The number of terminal acetylenes is 1. The maximum atomic E-state index is 12.9. The molecule has 0 spiro atoms. The molecule has 3 aromatic carbocycles. The molecule has 218 valence electrons. The molecule has 0 unspecified atom stereocenters. The minimum atomic E-state index is -0.665. The number of para-hydroxylation sites is 2. The van der Waals surface area contributed by atoms with Crippen molar-refractivity contribution in [1.29, 1.82) is 5.26 Å². The highest BCUT2D eigenvalue weighted by molar-refractivity contribution is 7.25. The second-order valence-corrected chi connectivity index (χ2v) is 12.3. The van der Waals surface area contributed by atoms with Gasteiger partial charge >= 0.3 is 0 Å². The minimum absolute atomic E-state index is 0.0863. The quantitative estimate of drug-likeness (QED) is 0.106. The number of amides is 2. The van der Waals surface area contributed by atoms with Gasteiger partial charge in [0, 0.05) is 37.9 Å². The van der Waals surface area contributed by atoms with E-state index in [2.05, 4.69) is 76.8 Å². The minimum Gasteiger partial charge on any atom is -0.353 e. The number of hydrogen-bond donors (Lipinski definition) is 1. The van der Waals surface area contributed by atoms with E-state index < -0.39 is 11.8 Å². The van der Waals surface area contributed by atoms with E-state index in [1.807, 2.05) is 54.6 Å². The smallest absolute Gasteiger partial charge is 0.272 e. The lowest BCUT2D eigenvalue weighted by molar-refractivity contribution is -0.139. The van der Waals surface area contributed by atoms with Crippen LogP contribution in [0.15, 0.2) is 132 Å². The van der Waals surface area contributed by atoms with Crippen LogP contribution >= 0.6 is 22.7 Å². The molecule has 3 heterocycles. The fraction of sp³-hybridized carbons (Fsp3) is 0.0541. The summed E-state index contributed by atoms with van der Waals surface area (Å²) >= 11 is 3.26. The molecule has 6 nitrogen and oxygen atoms in total. The van der Waals surface area contributed by atoms with E-state index in [1.165, 1.54) is 6.20 Å². The molecule has 0 bridgehead atoms. The molecule has 1 aliphatic heterocycles. The monoisotopic (exact) mass is 622 g/mol. The highest BCUT2D eigenvalue weighted by Crippen LogP contribution is 2.41. The van der Waals surface area contributed by atoms with Gasteiger partial charge in [-0.15, -0.1) is 29.1 Å². The van der Waals surface area contributed by atoms with E-state index in [9.17, 15) is 14.9 Å². The van der Waals surface area contributed by atoms with Crippen LogP contribution in [0.5, 0.6) is 0 Å². The first kappa shape index (κ1) is 29.4. The topological polar surface area (TPSA) is 76.4 Å². The van der Waals surface area contributed by atoms with Gasteiger partial charge in [-0.05, 0) is 78.7 Å². The van der Waals surface area contributed by atoms with Gasteiger partial charge in [0.15, 0.2) is 0 Å². The van der Waals surface area contributed by atoms with Crippen molar-refractivity contribution in [3.8, 4) is 38.6 Å². The van der Waals surface area contributed by atoms with Crippen LogP contribution in [0.3, 0.4) is 0 Å². The van der Waals surface area contributed by atoms with Gasteiger partial charge in [-0.1, -0.05) is 54.5 Å². The van der Waals surface area contributed by atoms with Crippen molar-refractivity contribution in [2.45, 2.75) is 6.92 Å². The van der Waals surface area contributed by atoms with Crippen LogP contribution in [0.1, 0.15) is 6.92 Å². The van der Waals surface area contributed by atoms with Crippen LogP contribution in [0.4, 0.5) is 22.1 Å². The Balaban J connectivity index is 1.21. The maximum absolute atomic E-state index is 12.9. The third-order valence-electron chi connectivity index (χ3n) is 7.33. The number of benzene rings is 3. The standard InChI is InChI=1S/C37H26N4O2S2/c1-3-22-40-36(42)30(23-38)25(2)31(37(40)43)24-39-35-21-20-34(45-35)33-19-18-32(44-33)26-14-16-29(17-15-26)41(27-10-6-4-7-11-27)28-12-8-5-9-13-28/h1,4-21,24,39H,22H2,2H3/b31-24-. The van der Waals surface area contributed by atoms with Crippen LogP contribution in [-0.2, 0) is 9.59 Å². The number of nitrogens with one attached hydrogen (secondary N) is 1. The van der Waals surface area contributed by atoms with Gasteiger partial charge in [0.1, 0.15) is 11.6 Å². The SMILES string of the molecule is C#CCN1C(=O)C(C#N)=C(C)/C(=C/Nc2ccc(-c3ccc(-c4ccc(N(c5ccccc5)c5ccccc5)cc4)s3)s2)C1=O. The summed E-state index contributed by atoms with van der Waals surface area (Å²) in [5.74, 6) is 1.12. The molecule has 2 aromatic heterocycles. The summed E-state index contributed by atoms with van der Waals surface area (Å²) in [5, 5.41) is 13.5. The third-order valence-corrected chi connectivity index (χ3v) is 9.67. The lowest BCUT2D eigenvalue weighted by Crippen LogP contribution is -2.43. The summed E-state index contributed by atoms with van der Waals surface area (Å²) in [6.45, 7) is 1.40. The van der Waals surface area contributed by atoms with Crippen molar-refractivity contribution in [2.24, 2.45) is 0 Å². The van der Waals surface area contributed by atoms with Crippen LogP contribution < -0.4 is 10.2 Å². The van der Waals surface area contributed by atoms with Gasteiger partial charge in [0.2, 0.25) is 0 Å². The molecule has 0 radical (unpaired) electrons. The van der Waals surface area contributed by atoms with E-state index in [-0.39, 0.29) is 17.7 Å². The second-order valence-electron chi connectivity index (χ2n) is 10.1. The number of nitrogens with zero attached hydrogens (tertiary/aromatic N) is 3. The number of hydrogen-bond acceptors (Lipinski definition) is 7. The van der Waals surface area contributed by atoms with E-state index in [0.717, 1.165) is 47.2 Å². The molecule has 0 fully saturated rings. The first-order valence-corrected chi connectivity index (χ1v) is 15.7. The number of anilines is 4. The Kier molecular flexibility index (Phi) is 8.43. The van der Waals surface area contributed by atoms with Gasteiger partial charge in [-0.3, -0.25) is 14.5 Å². The Hall–Kier alpha value is -5.67. The zero-order chi connectivity index (χ0) is 31.3. The Morgan fingerprint density at radius 2 is 1.36 bits per heavy atom. The molecular weight excluding hydrogens is 597 g/mol. The van der Waals surface area contributed by atoms with Gasteiger partial charge in [-0.2, -0.15) is 5.26 Å². The number of carbonyl (C=O) groups excluding carboxylic acids is 2. The number of imide groups is 1. The molecular formula is C37H26N4O2S2. The van der Waals surface area contributed by atoms with Crippen molar-refractivity contribution in [3.05, 3.63) is 132 Å². The highest BCUT2D eigenvalue weighted by Gasteiger charge is 2.35. The fourth-order valence-electron chi connectivity index (χ4n) is 5.06. The predicted molar refractivity (Wildman–Crippen MR) is 183 cm³/mol. The summed E-state index contributed by atoms with van der Waals surface area (Å²) in [5.41, 5.74) is 4.87. The molecule has 8 heteroatoms. The highest BCUT2D eigenvalue weighted by atomic mass is 32.1. The first-order valence-electron chi connectivity index (χ1n) is 14.1. The largest absolute Gasteiger partial charge is 0.353 e. The Labute approximate surface area is 269 Å². The molecule has 0 saturated carbocycles. The summed E-state index contributed by atoms with van der Waals surface area (Å²) < 4.78 is 0. The Bertz CT molecular complexity index is 1990. The predicted octanol–water partition coefficient (Wildman–Crippen LogP) is 8.75. The van der Waals surface area contributed by atoms with E-state index in [1.54, 1.807) is 29.6 Å². The van der Waals surface area contributed by atoms with E-state index in [4.69, 9.17) is 6.42 Å². The van der Waals surface area contributed by atoms with Gasteiger partial charge in [0.25, 0.3) is 11.8 Å². The lowest BCUT2D eigenvalue weighted by Gasteiger charge is -2.25. The average molecular weight is 623 g/mol. The van der Waals surface area contributed by atoms with Crippen molar-refractivity contribution in [2.75, 3.05) is 16.8 Å². The average Bonchev–Trinajstić information content (AvgIpc) is 3.75. The number of thiophene rings is 2. The van der Waals surface area contributed by atoms with Crippen molar-refractivity contribution >= 4 is 56.6 Å². The van der Waals surface area contributed by atoms with E-state index in [0.29, 0.717) is 5.57 Å². The summed E-state index contributed by atoms with van der Waals surface area (Å²) in [4.78, 5) is 32.0. The maximum Gasteiger partial charge on any atom is 0.272 e. The van der Waals surface area contributed by atoms with Gasteiger partial charge in [0.05, 0.1) is 17.1 Å². The second kappa shape index (κ2) is 12.9. The van der Waals surface area contributed by atoms with Crippen LogP contribution in [0.2, 0.25) is 0 Å². The van der Waals surface area contributed by atoms with Gasteiger partial charge in [-0.25, -0.2) is 0 Å². The first-order chi connectivity index (χ1) is 22.0. The third kappa shape index (κ3) is 5.93. The molecule has 0 atom stereocenters. The number of nitriles is 1. The Morgan fingerprint density at radius 3 is 1.98 bits per heavy atom. The normalized spacial score (nSPS) is 13.9. The van der Waals surface area contributed by atoms with Crippen molar-refractivity contribution < 1.29 is 9.59 Å². The number of rotatable bonds is 8. The molecule has 45 heavy (non-hydrogen) atoms. The zero-order valence-corrected chi connectivity index (χ0v) is 25.9. The zero-order valence-electron chi connectivity index (χ0n) is 24.2. The van der Waals surface area contributed by atoms with Crippen molar-refractivity contribution in [1.82, 2.24) is 4.90 Å². The summed E-state index contributed by atoms with van der Waals surface area (Å²) in [6.07, 6.45) is 6.88. The van der Waals surface area contributed by atoms with E-state index >= 15 is 0 Å². The van der Waals surface area contributed by atoms with Crippen LogP contribution in [0.25, 0.3) is 20.2 Å². The molecule has 2 amide bonds. The molecule has 5 aromatic rings. The molecule has 6 rings (SSSR count). The summed E-state index contributed by atoms with van der Waals surface area (Å²) in [6, 6.07) is 39.4. The van der Waals surface area contributed by atoms with Crippen molar-refractivity contribution in [3.63, 3.8) is 0 Å². The lowest BCUT2D eigenvalue weighted by atomic mass is 9.96. The van der Waals surface area contributed by atoms with Crippen LogP contribution in [0, 0.1) is 23.7 Å². The van der Waals surface area contributed by atoms with Crippen LogP contribution in [-0.4, -0.2) is 23.3 Å². The Morgan fingerprint density at radius 1 is 0.778 bits per heavy atom. The number of carbonyl (C=O) groups is 2. The summed E-state index contributed by atoms with van der Waals surface area (Å²) in [7, 11) is 0. The molecule has 0 saturated heterocycles. The molecule has 1 aliphatic rings. The van der Waals surface area contributed by atoms with Gasteiger partial charge < -0.3 is 10.2 Å².